The molecule has 0 radical (unpaired) electrons. The van der Waals surface area contributed by atoms with Crippen LogP contribution in [0.4, 0.5) is 0 Å². The molecular formula is C17H26N2O2. The highest BCUT2D eigenvalue weighted by molar-refractivity contribution is 5.67. The van der Waals surface area contributed by atoms with Crippen LogP contribution < -0.4 is 0 Å². The Kier molecular flexibility index (Phi) is 5.76. The van der Waals surface area contributed by atoms with Crippen LogP contribution in [0.15, 0.2) is 30.3 Å². The lowest BCUT2D eigenvalue weighted by molar-refractivity contribution is -0.138. The largest absolute Gasteiger partial charge is 0.481 e. The summed E-state index contributed by atoms with van der Waals surface area (Å²) in [6.07, 6.45) is 2.57. The van der Waals surface area contributed by atoms with Gasteiger partial charge in [-0.3, -0.25) is 9.69 Å². The number of hydrogen-bond acceptors (Lipinski definition) is 3. The van der Waals surface area contributed by atoms with Crippen LogP contribution in [0, 0.1) is 5.92 Å². The Morgan fingerprint density at radius 2 is 1.95 bits per heavy atom. The average molecular weight is 290 g/mol. The third-order valence-electron chi connectivity index (χ3n) is 4.47. The van der Waals surface area contributed by atoms with Gasteiger partial charge in [-0.05, 0) is 51.5 Å². The number of likely N-dealkylation sites (tertiary alicyclic amines) is 1. The lowest BCUT2D eigenvalue weighted by atomic mass is 9.94. The zero-order valence-electron chi connectivity index (χ0n) is 13.0. The van der Waals surface area contributed by atoms with Gasteiger partial charge in [-0.1, -0.05) is 30.3 Å². The molecule has 1 aromatic rings. The first-order chi connectivity index (χ1) is 10.1. The van der Waals surface area contributed by atoms with Gasteiger partial charge in [0.25, 0.3) is 0 Å². The smallest absolute Gasteiger partial charge is 0.305 e. The maximum absolute atomic E-state index is 11.2. The lowest BCUT2D eigenvalue weighted by Crippen LogP contribution is -2.37. The molecule has 0 amide bonds. The van der Waals surface area contributed by atoms with Crippen LogP contribution in [0.3, 0.4) is 0 Å². The second-order valence-electron chi connectivity index (χ2n) is 6.21. The predicted octanol–water partition coefficient (Wildman–Crippen LogP) is 2.48. The minimum atomic E-state index is -0.737. The third kappa shape index (κ3) is 4.83. The number of hydrogen-bond donors (Lipinski definition) is 1. The number of benzene rings is 1. The number of carboxylic acids is 1. The molecule has 1 aliphatic heterocycles. The van der Waals surface area contributed by atoms with Gasteiger partial charge in [0.15, 0.2) is 0 Å². The van der Waals surface area contributed by atoms with Crippen molar-refractivity contribution in [2.75, 3.05) is 33.7 Å². The van der Waals surface area contributed by atoms with Gasteiger partial charge < -0.3 is 10.0 Å². The summed E-state index contributed by atoms with van der Waals surface area (Å²) in [7, 11) is 4.22. The summed E-state index contributed by atoms with van der Waals surface area (Å²) in [5.41, 5.74) is 1.09. The van der Waals surface area contributed by atoms with E-state index in [1.54, 1.807) is 0 Å². The standard InChI is InChI=1S/C17H26N2O2/c1-18-10-8-14(9-11-18)13-19(2)16(12-17(20)21)15-6-4-3-5-7-15/h3-7,14,16H,8-13H2,1-2H3,(H,20,21). The van der Waals surface area contributed by atoms with Gasteiger partial charge in [0, 0.05) is 12.6 Å². The molecule has 1 saturated heterocycles. The van der Waals surface area contributed by atoms with Gasteiger partial charge in [0.2, 0.25) is 0 Å². The molecule has 0 aromatic heterocycles. The molecule has 4 heteroatoms. The zero-order chi connectivity index (χ0) is 15.2. The van der Waals surface area contributed by atoms with Gasteiger partial charge in [0.05, 0.1) is 6.42 Å². The van der Waals surface area contributed by atoms with Crippen LogP contribution in [0.2, 0.25) is 0 Å². The van der Waals surface area contributed by atoms with Crippen molar-refractivity contribution in [2.45, 2.75) is 25.3 Å². The van der Waals surface area contributed by atoms with Gasteiger partial charge in [-0.25, -0.2) is 0 Å². The number of nitrogens with zero attached hydrogens (tertiary/aromatic N) is 2. The van der Waals surface area contributed by atoms with E-state index in [1.807, 2.05) is 30.3 Å². The molecule has 0 bridgehead atoms. The summed E-state index contributed by atoms with van der Waals surface area (Å²) in [6.45, 7) is 3.27. The summed E-state index contributed by atoms with van der Waals surface area (Å²) in [5.74, 6) is -0.0645. The molecule has 1 N–H and O–H groups in total. The molecule has 0 spiro atoms. The van der Waals surface area contributed by atoms with E-state index in [2.05, 4.69) is 23.9 Å². The first-order valence-electron chi connectivity index (χ1n) is 7.71. The van der Waals surface area contributed by atoms with Crippen molar-refractivity contribution in [2.24, 2.45) is 5.92 Å². The highest BCUT2D eigenvalue weighted by Gasteiger charge is 2.24. The normalized spacial score (nSPS) is 18.8. The third-order valence-corrected chi connectivity index (χ3v) is 4.47. The fraction of sp³-hybridized carbons (Fsp3) is 0.588. The Morgan fingerprint density at radius 3 is 2.52 bits per heavy atom. The van der Waals surface area contributed by atoms with Gasteiger partial charge in [-0.15, -0.1) is 0 Å². The highest BCUT2D eigenvalue weighted by Crippen LogP contribution is 2.26. The maximum atomic E-state index is 11.2. The summed E-state index contributed by atoms with van der Waals surface area (Å²) in [6, 6.07) is 9.94. The number of rotatable bonds is 6. The van der Waals surface area contributed by atoms with Gasteiger partial charge in [0.1, 0.15) is 0 Å². The van der Waals surface area contributed by atoms with Crippen molar-refractivity contribution in [3.63, 3.8) is 0 Å². The second kappa shape index (κ2) is 7.57. The van der Waals surface area contributed by atoms with Crippen LogP contribution in [0.25, 0.3) is 0 Å². The Morgan fingerprint density at radius 1 is 1.33 bits per heavy atom. The second-order valence-corrected chi connectivity index (χ2v) is 6.21. The van der Waals surface area contributed by atoms with E-state index in [0.29, 0.717) is 5.92 Å². The van der Waals surface area contributed by atoms with Crippen LogP contribution in [0.1, 0.15) is 30.9 Å². The Bertz CT molecular complexity index is 441. The summed E-state index contributed by atoms with van der Waals surface area (Å²) < 4.78 is 0. The number of carbonyl (C=O) groups is 1. The van der Waals surface area contributed by atoms with E-state index in [4.69, 9.17) is 0 Å². The van der Waals surface area contributed by atoms with Crippen molar-refractivity contribution in [3.8, 4) is 0 Å². The molecule has 116 valence electrons. The van der Waals surface area contributed by atoms with Crippen LogP contribution in [-0.2, 0) is 4.79 Å². The Hall–Kier alpha value is -1.39. The quantitative estimate of drug-likeness (QED) is 0.874. The van der Waals surface area contributed by atoms with E-state index >= 15 is 0 Å². The molecule has 1 atom stereocenters. The van der Waals surface area contributed by atoms with Crippen molar-refractivity contribution in [1.82, 2.24) is 9.80 Å². The summed E-state index contributed by atoms with van der Waals surface area (Å²) >= 11 is 0. The van der Waals surface area contributed by atoms with Gasteiger partial charge >= 0.3 is 5.97 Å². The number of carboxylic acid groups (broad SMARTS) is 1. The van der Waals surface area contributed by atoms with Crippen LogP contribution in [-0.4, -0.2) is 54.6 Å². The summed E-state index contributed by atoms with van der Waals surface area (Å²) in [5, 5.41) is 9.20. The molecule has 2 rings (SSSR count). The van der Waals surface area contributed by atoms with E-state index in [-0.39, 0.29) is 12.5 Å². The lowest BCUT2D eigenvalue weighted by Gasteiger charge is -2.35. The van der Waals surface area contributed by atoms with Crippen LogP contribution in [0.5, 0.6) is 0 Å². The molecule has 1 unspecified atom stereocenters. The SMILES string of the molecule is CN1CCC(CN(C)C(CC(=O)O)c2ccccc2)CC1. The fourth-order valence-electron chi connectivity index (χ4n) is 3.15. The molecule has 1 fully saturated rings. The molecule has 1 heterocycles. The van der Waals surface area contributed by atoms with Crippen LogP contribution >= 0.6 is 0 Å². The zero-order valence-corrected chi connectivity index (χ0v) is 13.0. The fourth-order valence-corrected chi connectivity index (χ4v) is 3.15. The van der Waals surface area contributed by atoms with E-state index in [1.165, 1.54) is 12.8 Å². The first kappa shape index (κ1) is 16.0. The van der Waals surface area contributed by atoms with Crippen molar-refractivity contribution in [3.05, 3.63) is 35.9 Å². The monoisotopic (exact) mass is 290 g/mol. The molecule has 4 nitrogen and oxygen atoms in total. The molecular weight excluding hydrogens is 264 g/mol. The average Bonchev–Trinajstić information content (AvgIpc) is 2.48. The van der Waals surface area contributed by atoms with E-state index in [0.717, 1.165) is 25.2 Å². The molecule has 1 aromatic carbocycles. The predicted molar refractivity (Wildman–Crippen MR) is 84.3 cm³/mol. The van der Waals surface area contributed by atoms with E-state index < -0.39 is 5.97 Å². The summed E-state index contributed by atoms with van der Waals surface area (Å²) in [4.78, 5) is 15.8. The highest BCUT2D eigenvalue weighted by atomic mass is 16.4. The van der Waals surface area contributed by atoms with Crippen molar-refractivity contribution in [1.29, 1.82) is 0 Å². The number of aliphatic carboxylic acids is 1. The number of piperidine rings is 1. The Balaban J connectivity index is 2.00. The Labute approximate surface area is 127 Å². The minimum absolute atomic E-state index is 0.0386. The van der Waals surface area contributed by atoms with Crippen molar-refractivity contribution >= 4 is 5.97 Å². The van der Waals surface area contributed by atoms with Crippen molar-refractivity contribution < 1.29 is 9.90 Å². The topological polar surface area (TPSA) is 43.8 Å². The first-order valence-corrected chi connectivity index (χ1v) is 7.71. The molecule has 1 aliphatic rings. The minimum Gasteiger partial charge on any atom is -0.481 e. The van der Waals surface area contributed by atoms with Gasteiger partial charge in [-0.2, -0.15) is 0 Å². The van der Waals surface area contributed by atoms with E-state index in [9.17, 15) is 9.90 Å². The maximum Gasteiger partial charge on any atom is 0.305 e. The molecule has 21 heavy (non-hydrogen) atoms. The molecule has 0 aliphatic carbocycles. The molecule has 0 saturated carbocycles.